The molecule has 3 amide bonds. The molecule has 0 unspecified atom stereocenters. The highest BCUT2D eigenvalue weighted by molar-refractivity contribution is 5.95. The van der Waals surface area contributed by atoms with Crippen molar-refractivity contribution in [3.05, 3.63) is 83.8 Å². The molecule has 1 aromatic heterocycles. The average Bonchev–Trinajstić information content (AvgIpc) is 3.73. The number of ether oxygens (including phenoxy) is 3. The van der Waals surface area contributed by atoms with E-state index in [9.17, 15) is 14.4 Å². The maximum absolute atomic E-state index is 13.7. The Morgan fingerprint density at radius 2 is 1.82 bits per heavy atom. The predicted molar refractivity (Wildman–Crippen MR) is 135 cm³/mol. The Morgan fingerprint density at radius 1 is 0.974 bits per heavy atom. The summed E-state index contributed by atoms with van der Waals surface area (Å²) in [5.74, 6) is -0.0206. The summed E-state index contributed by atoms with van der Waals surface area (Å²) in [7, 11) is 0. The van der Waals surface area contributed by atoms with E-state index in [1.807, 2.05) is 24.3 Å². The van der Waals surface area contributed by atoms with Gasteiger partial charge in [0.05, 0.1) is 18.9 Å². The van der Waals surface area contributed by atoms with Crippen molar-refractivity contribution in [1.29, 1.82) is 0 Å². The van der Waals surface area contributed by atoms with Crippen LogP contribution in [0.4, 0.5) is 0 Å². The van der Waals surface area contributed by atoms with Gasteiger partial charge in [-0.15, -0.1) is 0 Å². The lowest BCUT2D eigenvalue weighted by atomic mass is 10.0. The standard InChI is InChI=1S/C28H29N3O7/c32-25(16-30-27(33)23-9-5-13-36-23)31(17-19-10-11-22-24(14-19)38-18-37-22)26(20-6-2-1-3-7-20)28(34)29-15-21-8-4-12-35-21/h1-3,5-7,9-11,13-14,21,26H,4,8,12,15-18H2,(H,29,34)(H,30,33)/t21-,26-/m1/s1. The predicted octanol–water partition coefficient (Wildman–Crippen LogP) is 2.80. The van der Waals surface area contributed by atoms with Crippen LogP contribution >= 0.6 is 0 Å². The molecule has 1 fully saturated rings. The van der Waals surface area contributed by atoms with Crippen LogP contribution in [0.3, 0.4) is 0 Å². The summed E-state index contributed by atoms with van der Waals surface area (Å²) >= 11 is 0. The third-order valence-corrected chi connectivity index (χ3v) is 6.46. The summed E-state index contributed by atoms with van der Waals surface area (Å²) in [6.07, 6.45) is 3.15. The number of carbonyl (C=O) groups excluding carboxylic acids is 3. The number of furan rings is 1. The first-order valence-electron chi connectivity index (χ1n) is 12.5. The number of hydrogen-bond acceptors (Lipinski definition) is 7. The Morgan fingerprint density at radius 3 is 2.58 bits per heavy atom. The lowest BCUT2D eigenvalue weighted by Gasteiger charge is -2.32. The molecule has 0 radical (unpaired) electrons. The van der Waals surface area contributed by atoms with E-state index in [0.717, 1.165) is 18.4 Å². The first-order chi connectivity index (χ1) is 18.6. The molecule has 3 heterocycles. The number of hydrogen-bond donors (Lipinski definition) is 2. The van der Waals surface area contributed by atoms with E-state index >= 15 is 0 Å². The van der Waals surface area contributed by atoms with E-state index in [1.54, 1.807) is 30.3 Å². The van der Waals surface area contributed by atoms with Gasteiger partial charge in [0, 0.05) is 19.7 Å². The van der Waals surface area contributed by atoms with Crippen LogP contribution in [0.2, 0.25) is 0 Å². The SMILES string of the molecule is O=C(NCC(=O)N(Cc1ccc2c(c1)OCO2)[C@@H](C(=O)NC[C@H]1CCCO1)c1ccccc1)c1ccco1. The van der Waals surface area contributed by atoms with Crippen molar-refractivity contribution in [3.63, 3.8) is 0 Å². The second-order valence-electron chi connectivity index (χ2n) is 9.06. The highest BCUT2D eigenvalue weighted by Gasteiger charge is 2.33. The number of benzene rings is 2. The van der Waals surface area contributed by atoms with Crippen LogP contribution in [0.1, 0.15) is 40.6 Å². The Labute approximate surface area is 219 Å². The molecular weight excluding hydrogens is 490 g/mol. The molecule has 0 bridgehead atoms. The number of carbonyl (C=O) groups is 3. The van der Waals surface area contributed by atoms with Crippen LogP contribution in [-0.4, -0.2) is 55.2 Å². The number of fused-ring (bicyclic) bond motifs is 1. The average molecular weight is 520 g/mol. The Bertz CT molecular complexity index is 1260. The van der Waals surface area contributed by atoms with Crippen LogP contribution in [-0.2, 0) is 20.9 Å². The summed E-state index contributed by atoms with van der Waals surface area (Å²) in [6.45, 7) is 0.917. The van der Waals surface area contributed by atoms with Crippen LogP contribution in [0.25, 0.3) is 0 Å². The normalized spacial score (nSPS) is 16.6. The Kier molecular flexibility index (Phi) is 7.89. The molecule has 2 N–H and O–H groups in total. The Hall–Kier alpha value is -4.31. The van der Waals surface area contributed by atoms with E-state index in [4.69, 9.17) is 18.6 Å². The molecule has 2 aliphatic rings. The molecule has 10 nitrogen and oxygen atoms in total. The fourth-order valence-corrected chi connectivity index (χ4v) is 4.54. The number of amides is 3. The van der Waals surface area contributed by atoms with Crippen molar-refractivity contribution in [2.75, 3.05) is 26.5 Å². The van der Waals surface area contributed by atoms with E-state index in [2.05, 4.69) is 10.6 Å². The van der Waals surface area contributed by atoms with E-state index in [1.165, 1.54) is 17.2 Å². The lowest BCUT2D eigenvalue weighted by molar-refractivity contribution is -0.141. The summed E-state index contributed by atoms with van der Waals surface area (Å²) in [6, 6.07) is 16.6. The second kappa shape index (κ2) is 11.8. The van der Waals surface area contributed by atoms with Gasteiger partial charge in [-0.25, -0.2) is 0 Å². The van der Waals surface area contributed by atoms with Gasteiger partial charge in [0.2, 0.25) is 18.6 Å². The first-order valence-corrected chi connectivity index (χ1v) is 12.5. The van der Waals surface area contributed by atoms with Gasteiger partial charge in [-0.3, -0.25) is 14.4 Å². The summed E-state index contributed by atoms with van der Waals surface area (Å²) in [5.41, 5.74) is 1.39. The number of nitrogens with zero attached hydrogens (tertiary/aromatic N) is 1. The van der Waals surface area contributed by atoms with Gasteiger partial charge in [0.15, 0.2) is 17.3 Å². The van der Waals surface area contributed by atoms with Gasteiger partial charge in [-0.05, 0) is 48.2 Å². The van der Waals surface area contributed by atoms with Crippen molar-refractivity contribution in [1.82, 2.24) is 15.5 Å². The topological polar surface area (TPSA) is 119 Å². The largest absolute Gasteiger partial charge is 0.459 e. The fourth-order valence-electron chi connectivity index (χ4n) is 4.54. The van der Waals surface area contributed by atoms with Gasteiger partial charge >= 0.3 is 0 Å². The first kappa shape index (κ1) is 25.3. The molecule has 38 heavy (non-hydrogen) atoms. The number of nitrogens with one attached hydrogen (secondary N) is 2. The van der Waals surface area contributed by atoms with Gasteiger partial charge in [-0.2, -0.15) is 0 Å². The van der Waals surface area contributed by atoms with Gasteiger partial charge < -0.3 is 34.2 Å². The van der Waals surface area contributed by atoms with Crippen LogP contribution in [0, 0.1) is 0 Å². The molecule has 0 saturated carbocycles. The molecule has 0 aliphatic carbocycles. The third kappa shape index (κ3) is 5.97. The maximum atomic E-state index is 13.7. The van der Waals surface area contributed by atoms with Crippen molar-refractivity contribution in [2.45, 2.75) is 31.5 Å². The van der Waals surface area contributed by atoms with Crippen LogP contribution < -0.4 is 20.1 Å². The zero-order valence-electron chi connectivity index (χ0n) is 20.8. The maximum Gasteiger partial charge on any atom is 0.287 e. The van der Waals surface area contributed by atoms with Gasteiger partial charge in [0.1, 0.15) is 6.04 Å². The van der Waals surface area contributed by atoms with E-state index < -0.39 is 17.9 Å². The van der Waals surface area contributed by atoms with Crippen molar-refractivity contribution < 1.29 is 33.0 Å². The molecular formula is C28H29N3O7. The minimum atomic E-state index is -0.948. The summed E-state index contributed by atoms with van der Waals surface area (Å²) < 4.78 is 21.7. The molecule has 5 rings (SSSR count). The van der Waals surface area contributed by atoms with Crippen LogP contribution in [0.5, 0.6) is 11.5 Å². The highest BCUT2D eigenvalue weighted by atomic mass is 16.7. The van der Waals surface area contributed by atoms with Crippen molar-refractivity contribution in [2.24, 2.45) is 0 Å². The van der Waals surface area contributed by atoms with Crippen molar-refractivity contribution in [3.8, 4) is 11.5 Å². The molecule has 198 valence electrons. The minimum Gasteiger partial charge on any atom is -0.459 e. The third-order valence-electron chi connectivity index (χ3n) is 6.46. The lowest BCUT2D eigenvalue weighted by Crippen LogP contribution is -2.48. The number of rotatable bonds is 10. The molecule has 3 aromatic rings. The zero-order chi connectivity index (χ0) is 26.3. The second-order valence-corrected chi connectivity index (χ2v) is 9.06. The van der Waals surface area contributed by atoms with E-state index in [-0.39, 0.29) is 37.7 Å². The van der Waals surface area contributed by atoms with Gasteiger partial charge in [-0.1, -0.05) is 36.4 Å². The highest BCUT2D eigenvalue weighted by Crippen LogP contribution is 2.34. The molecule has 2 aromatic carbocycles. The van der Waals surface area contributed by atoms with E-state index in [0.29, 0.717) is 30.2 Å². The molecule has 2 aliphatic heterocycles. The summed E-state index contributed by atoms with van der Waals surface area (Å²) in [5, 5.41) is 5.56. The fraction of sp³-hybridized carbons (Fsp3) is 0.321. The smallest absolute Gasteiger partial charge is 0.287 e. The van der Waals surface area contributed by atoms with Gasteiger partial charge in [0.25, 0.3) is 5.91 Å². The minimum absolute atomic E-state index is 0.0547. The quantitative estimate of drug-likeness (QED) is 0.423. The summed E-state index contributed by atoms with van der Waals surface area (Å²) in [4.78, 5) is 41.2. The Balaban J connectivity index is 1.41. The monoisotopic (exact) mass is 519 g/mol. The van der Waals surface area contributed by atoms with Crippen molar-refractivity contribution >= 4 is 17.7 Å². The molecule has 1 saturated heterocycles. The van der Waals surface area contributed by atoms with Crippen LogP contribution in [0.15, 0.2) is 71.3 Å². The molecule has 0 spiro atoms. The molecule has 2 atom stereocenters. The molecule has 10 heteroatoms. The zero-order valence-corrected chi connectivity index (χ0v) is 20.8.